The zero-order chi connectivity index (χ0) is 18.8. The molecule has 134 valence electrons. The Morgan fingerprint density at radius 1 is 0.630 bits per heavy atom. The Labute approximate surface area is 163 Å². The van der Waals surface area contributed by atoms with Crippen LogP contribution in [0.4, 0.5) is 0 Å². The van der Waals surface area contributed by atoms with Crippen molar-refractivity contribution < 1.29 is 9.47 Å². The third-order valence-electron chi connectivity index (χ3n) is 4.76. The highest BCUT2D eigenvalue weighted by molar-refractivity contribution is 6.30. The summed E-state index contributed by atoms with van der Waals surface area (Å²) in [5.41, 5.74) is 4.37. The van der Waals surface area contributed by atoms with Gasteiger partial charge >= 0.3 is 0 Å². The van der Waals surface area contributed by atoms with Crippen LogP contribution in [-0.2, 0) is 0 Å². The van der Waals surface area contributed by atoms with Gasteiger partial charge in [0.2, 0.25) is 0 Å². The van der Waals surface area contributed by atoms with E-state index in [1.165, 1.54) is 0 Å². The lowest BCUT2D eigenvalue weighted by atomic mass is 9.92. The van der Waals surface area contributed by atoms with E-state index in [1.807, 2.05) is 42.5 Å². The van der Waals surface area contributed by atoms with E-state index >= 15 is 0 Å². The molecule has 0 spiro atoms. The third-order valence-corrected chi connectivity index (χ3v) is 5.00. The maximum absolute atomic E-state index is 6.15. The maximum Gasteiger partial charge on any atom is 0.128 e. The summed E-state index contributed by atoms with van der Waals surface area (Å²) in [7, 11) is 3.37. The predicted molar refractivity (Wildman–Crippen MR) is 113 cm³/mol. The van der Waals surface area contributed by atoms with Crippen molar-refractivity contribution in [3.63, 3.8) is 0 Å². The van der Waals surface area contributed by atoms with Crippen LogP contribution in [0.2, 0.25) is 5.02 Å². The van der Waals surface area contributed by atoms with Gasteiger partial charge in [0.15, 0.2) is 0 Å². The summed E-state index contributed by atoms with van der Waals surface area (Å²) in [5, 5.41) is 2.84. The van der Waals surface area contributed by atoms with Crippen molar-refractivity contribution in [2.24, 2.45) is 0 Å². The molecule has 4 aromatic carbocycles. The van der Waals surface area contributed by atoms with Crippen molar-refractivity contribution in [3.05, 3.63) is 83.9 Å². The first-order valence-corrected chi connectivity index (χ1v) is 9.10. The van der Waals surface area contributed by atoms with E-state index in [2.05, 4.69) is 36.4 Å². The van der Waals surface area contributed by atoms with Gasteiger partial charge in [-0.15, -0.1) is 0 Å². The molecule has 3 heteroatoms. The fourth-order valence-electron chi connectivity index (χ4n) is 3.53. The number of fused-ring (bicyclic) bond motifs is 1. The molecule has 0 heterocycles. The average molecular weight is 375 g/mol. The fraction of sp³-hybridized carbons (Fsp3) is 0.0833. The molecule has 0 aliphatic heterocycles. The summed E-state index contributed by atoms with van der Waals surface area (Å²) < 4.78 is 11.3. The first-order chi connectivity index (χ1) is 13.2. The number of rotatable bonds is 4. The van der Waals surface area contributed by atoms with E-state index in [0.717, 1.165) is 44.5 Å². The van der Waals surface area contributed by atoms with Crippen LogP contribution in [0.15, 0.2) is 78.9 Å². The predicted octanol–water partition coefficient (Wildman–Crippen LogP) is 6.84. The van der Waals surface area contributed by atoms with Crippen LogP contribution in [0.3, 0.4) is 0 Å². The van der Waals surface area contributed by atoms with Crippen molar-refractivity contribution in [1.82, 2.24) is 0 Å². The lowest BCUT2D eigenvalue weighted by molar-refractivity contribution is 0.416. The van der Waals surface area contributed by atoms with Crippen LogP contribution in [0.1, 0.15) is 0 Å². The monoisotopic (exact) mass is 374 g/mol. The molecule has 0 fully saturated rings. The molecule has 0 unspecified atom stereocenters. The summed E-state index contributed by atoms with van der Waals surface area (Å²) in [5.74, 6) is 1.60. The van der Waals surface area contributed by atoms with Crippen molar-refractivity contribution >= 4 is 22.4 Å². The molecule has 0 bridgehead atoms. The van der Waals surface area contributed by atoms with Crippen LogP contribution in [0, 0.1) is 0 Å². The molecule has 0 aromatic heterocycles. The van der Waals surface area contributed by atoms with Gasteiger partial charge in [-0.25, -0.2) is 0 Å². The first-order valence-electron chi connectivity index (χ1n) is 8.72. The Morgan fingerprint density at radius 3 is 2.11 bits per heavy atom. The van der Waals surface area contributed by atoms with Gasteiger partial charge in [-0.2, -0.15) is 0 Å². The van der Waals surface area contributed by atoms with Crippen LogP contribution >= 0.6 is 11.6 Å². The number of hydrogen-bond acceptors (Lipinski definition) is 2. The van der Waals surface area contributed by atoms with Gasteiger partial charge in [-0.3, -0.25) is 0 Å². The summed E-state index contributed by atoms with van der Waals surface area (Å²) in [6.07, 6.45) is 0. The number of hydrogen-bond donors (Lipinski definition) is 0. The van der Waals surface area contributed by atoms with E-state index in [0.29, 0.717) is 5.02 Å². The van der Waals surface area contributed by atoms with Gasteiger partial charge in [-0.1, -0.05) is 60.1 Å². The molecule has 0 aliphatic rings. The molecule has 0 saturated heterocycles. The van der Waals surface area contributed by atoms with Crippen LogP contribution < -0.4 is 9.47 Å². The van der Waals surface area contributed by atoms with E-state index in [4.69, 9.17) is 21.1 Å². The summed E-state index contributed by atoms with van der Waals surface area (Å²) >= 11 is 6.15. The van der Waals surface area contributed by atoms with E-state index in [-0.39, 0.29) is 0 Å². The van der Waals surface area contributed by atoms with E-state index in [1.54, 1.807) is 14.2 Å². The second-order valence-corrected chi connectivity index (χ2v) is 6.69. The normalized spacial score (nSPS) is 10.8. The Hall–Kier alpha value is -2.97. The Kier molecular flexibility index (Phi) is 4.74. The van der Waals surface area contributed by atoms with E-state index in [9.17, 15) is 0 Å². The van der Waals surface area contributed by atoms with Crippen molar-refractivity contribution in [2.45, 2.75) is 0 Å². The smallest absolute Gasteiger partial charge is 0.128 e. The number of methoxy groups -OCH3 is 2. The zero-order valence-corrected chi connectivity index (χ0v) is 16.0. The van der Waals surface area contributed by atoms with Crippen molar-refractivity contribution in [1.29, 1.82) is 0 Å². The number of benzene rings is 4. The van der Waals surface area contributed by atoms with E-state index < -0.39 is 0 Å². The molecular formula is C24H19ClO2. The second kappa shape index (κ2) is 7.34. The molecule has 0 amide bonds. The van der Waals surface area contributed by atoms with Crippen LogP contribution in [0.5, 0.6) is 11.5 Å². The van der Waals surface area contributed by atoms with Gasteiger partial charge < -0.3 is 9.47 Å². The van der Waals surface area contributed by atoms with Gasteiger partial charge in [0.05, 0.1) is 14.2 Å². The molecule has 0 atom stereocenters. The number of halogens is 1. The Balaban J connectivity index is 2.06. The summed E-state index contributed by atoms with van der Waals surface area (Å²) in [6.45, 7) is 0. The average Bonchev–Trinajstić information content (AvgIpc) is 2.73. The highest BCUT2D eigenvalue weighted by Crippen LogP contribution is 2.43. The quantitative estimate of drug-likeness (QED) is 0.389. The Bertz CT molecular complexity index is 1100. The summed E-state index contributed by atoms with van der Waals surface area (Å²) in [4.78, 5) is 0. The fourth-order valence-corrected chi connectivity index (χ4v) is 3.69. The molecule has 4 aromatic rings. The first kappa shape index (κ1) is 17.4. The maximum atomic E-state index is 6.15. The molecule has 4 rings (SSSR count). The lowest BCUT2D eigenvalue weighted by Crippen LogP contribution is -1.93. The van der Waals surface area contributed by atoms with Gasteiger partial charge in [0.25, 0.3) is 0 Å². The second-order valence-electron chi connectivity index (χ2n) is 6.25. The van der Waals surface area contributed by atoms with Crippen LogP contribution in [-0.4, -0.2) is 14.2 Å². The van der Waals surface area contributed by atoms with Gasteiger partial charge in [0.1, 0.15) is 11.5 Å². The minimum Gasteiger partial charge on any atom is -0.496 e. The lowest BCUT2D eigenvalue weighted by Gasteiger charge is -2.16. The molecule has 0 aliphatic carbocycles. The molecule has 2 nitrogen and oxygen atoms in total. The molecular weight excluding hydrogens is 356 g/mol. The topological polar surface area (TPSA) is 18.5 Å². The van der Waals surface area contributed by atoms with Crippen molar-refractivity contribution in [2.75, 3.05) is 14.2 Å². The number of ether oxygens (including phenoxy) is 2. The minimum absolute atomic E-state index is 0.651. The standard InChI is InChI=1S/C24H19ClO2/c1-26-22-14-13-19(20-12-11-17(25)15-23(20)27-2)21-10-6-9-18(24(21)22)16-7-4-3-5-8-16/h3-15H,1-2H3. The van der Waals surface area contributed by atoms with Crippen molar-refractivity contribution in [3.8, 4) is 33.8 Å². The SMILES string of the molecule is COc1cc(Cl)ccc1-c1ccc(OC)c2c(-c3ccccc3)cccc12. The third kappa shape index (κ3) is 3.13. The molecule has 0 saturated carbocycles. The minimum atomic E-state index is 0.651. The molecule has 0 N–H and O–H groups in total. The van der Waals surface area contributed by atoms with Gasteiger partial charge in [0, 0.05) is 16.0 Å². The summed E-state index contributed by atoms with van der Waals surface area (Å²) in [6, 6.07) is 26.5. The highest BCUT2D eigenvalue weighted by Gasteiger charge is 2.15. The van der Waals surface area contributed by atoms with Crippen LogP contribution in [0.25, 0.3) is 33.0 Å². The highest BCUT2D eigenvalue weighted by atomic mass is 35.5. The largest absolute Gasteiger partial charge is 0.496 e. The Morgan fingerprint density at radius 2 is 1.37 bits per heavy atom. The molecule has 0 radical (unpaired) electrons. The van der Waals surface area contributed by atoms with Gasteiger partial charge in [-0.05, 0) is 52.4 Å². The molecule has 27 heavy (non-hydrogen) atoms. The zero-order valence-electron chi connectivity index (χ0n) is 15.2.